The normalized spacial score (nSPS) is 20.4. The van der Waals surface area contributed by atoms with Gasteiger partial charge in [0.25, 0.3) is 0 Å². The number of ether oxygens (including phenoxy) is 6. The SMILES string of the molecule is CC(=O)O[C@@H]1[C@@H](OCc2ccccc2)O[C@H](COC(c2ccccc2)(c2ccccc2)c2ccccc2)[C@@H](OC(C)=O)[C@@H]1Oc1ccccc1. The molecule has 0 aromatic heterocycles. The highest BCUT2D eigenvalue weighted by molar-refractivity contribution is 5.67. The Balaban J connectivity index is 1.43. The van der Waals surface area contributed by atoms with Gasteiger partial charge in [0, 0.05) is 13.8 Å². The Morgan fingerprint density at radius 3 is 1.50 bits per heavy atom. The van der Waals surface area contributed by atoms with Crippen molar-refractivity contribution in [1.82, 2.24) is 0 Å². The number of carbonyl (C=O) groups is 2. The molecule has 0 radical (unpaired) electrons. The van der Waals surface area contributed by atoms with E-state index in [9.17, 15) is 9.59 Å². The molecule has 1 heterocycles. The van der Waals surface area contributed by atoms with Crippen molar-refractivity contribution in [2.45, 2.75) is 56.8 Å². The fraction of sp³-hybridized carbons (Fsp3) is 0.238. The largest absolute Gasteiger partial charge is 0.482 e. The monoisotopic (exact) mass is 672 g/mol. The molecule has 0 bridgehead atoms. The lowest BCUT2D eigenvalue weighted by Gasteiger charge is -2.46. The molecule has 5 atom stereocenters. The summed E-state index contributed by atoms with van der Waals surface area (Å²) >= 11 is 0. The minimum atomic E-state index is -1.10. The van der Waals surface area contributed by atoms with Crippen LogP contribution >= 0.6 is 0 Å². The Morgan fingerprint density at radius 2 is 1.02 bits per heavy atom. The summed E-state index contributed by atoms with van der Waals surface area (Å²) in [7, 11) is 0. The molecule has 0 saturated carbocycles. The lowest BCUT2D eigenvalue weighted by atomic mass is 9.80. The van der Waals surface area contributed by atoms with E-state index in [1.165, 1.54) is 13.8 Å². The third-order valence-corrected chi connectivity index (χ3v) is 8.47. The van der Waals surface area contributed by atoms with Crippen LogP contribution in [0.15, 0.2) is 152 Å². The zero-order chi connectivity index (χ0) is 34.8. The van der Waals surface area contributed by atoms with E-state index >= 15 is 0 Å². The van der Waals surface area contributed by atoms with Crippen LogP contribution in [0.3, 0.4) is 0 Å². The average molecular weight is 673 g/mol. The van der Waals surface area contributed by atoms with Gasteiger partial charge in [0.05, 0.1) is 13.2 Å². The smallest absolute Gasteiger partial charge is 0.303 e. The van der Waals surface area contributed by atoms with Crippen molar-refractivity contribution in [3.8, 4) is 5.75 Å². The molecule has 5 aromatic rings. The van der Waals surface area contributed by atoms with Gasteiger partial charge in [-0.1, -0.05) is 140 Å². The maximum atomic E-state index is 12.7. The van der Waals surface area contributed by atoms with Crippen molar-refractivity contribution in [3.05, 3.63) is 174 Å². The Morgan fingerprint density at radius 1 is 0.580 bits per heavy atom. The van der Waals surface area contributed by atoms with Crippen molar-refractivity contribution in [1.29, 1.82) is 0 Å². The Kier molecular flexibility index (Phi) is 11.4. The van der Waals surface area contributed by atoms with Crippen LogP contribution in [0.2, 0.25) is 0 Å². The zero-order valence-corrected chi connectivity index (χ0v) is 28.0. The van der Waals surface area contributed by atoms with Gasteiger partial charge in [-0.3, -0.25) is 9.59 Å². The number of hydrogen-bond acceptors (Lipinski definition) is 8. The number of para-hydroxylation sites is 1. The van der Waals surface area contributed by atoms with Gasteiger partial charge in [-0.05, 0) is 34.4 Å². The molecule has 6 rings (SSSR count). The minimum absolute atomic E-state index is 0.0662. The van der Waals surface area contributed by atoms with Crippen LogP contribution in [0.4, 0.5) is 0 Å². The fourth-order valence-corrected chi connectivity index (χ4v) is 6.32. The van der Waals surface area contributed by atoms with Crippen LogP contribution < -0.4 is 4.74 Å². The molecule has 0 unspecified atom stereocenters. The molecule has 0 aliphatic carbocycles. The van der Waals surface area contributed by atoms with E-state index in [0.717, 1.165) is 22.3 Å². The molecule has 1 fully saturated rings. The second-order valence-electron chi connectivity index (χ2n) is 12.0. The number of rotatable bonds is 13. The molecule has 0 amide bonds. The summed E-state index contributed by atoms with van der Waals surface area (Å²) in [5.41, 5.74) is 2.48. The predicted octanol–water partition coefficient (Wildman–Crippen LogP) is 7.25. The highest BCUT2D eigenvalue weighted by Gasteiger charge is 2.53. The molecule has 0 spiro atoms. The molecular weight excluding hydrogens is 632 g/mol. The lowest BCUT2D eigenvalue weighted by Crippen LogP contribution is -2.63. The van der Waals surface area contributed by atoms with Crippen LogP contribution in [0, 0.1) is 0 Å². The van der Waals surface area contributed by atoms with Gasteiger partial charge >= 0.3 is 11.9 Å². The van der Waals surface area contributed by atoms with Gasteiger partial charge < -0.3 is 28.4 Å². The standard InChI is InChI=1S/C42H40O8/c1-30(43)47-38-37(29-46-42(33-20-10-4-11-21-33,34-22-12-5-13-23-34)35-24-14-6-15-25-35)50-41(45-28-32-18-8-3-9-19-32)40(48-31(2)44)39(38)49-36-26-16-7-17-27-36/h3-27,37-41H,28-29H2,1-2H3/t37-,38-,39+,40+,41+/m1/s1. The summed E-state index contributed by atoms with van der Waals surface area (Å²) in [6, 6.07) is 48.5. The maximum absolute atomic E-state index is 12.7. The minimum Gasteiger partial charge on any atom is -0.482 e. The Hall–Kier alpha value is -5.28. The number of esters is 2. The predicted molar refractivity (Wildman–Crippen MR) is 187 cm³/mol. The van der Waals surface area contributed by atoms with Crippen LogP contribution in [-0.2, 0) is 45.5 Å². The molecule has 8 nitrogen and oxygen atoms in total. The molecule has 1 aliphatic rings. The lowest BCUT2D eigenvalue weighted by molar-refractivity contribution is -0.308. The summed E-state index contributed by atoms with van der Waals surface area (Å²) in [6.07, 6.45) is -5.20. The molecule has 50 heavy (non-hydrogen) atoms. The first-order valence-corrected chi connectivity index (χ1v) is 16.6. The van der Waals surface area contributed by atoms with Crippen LogP contribution in [0.5, 0.6) is 5.75 Å². The third-order valence-electron chi connectivity index (χ3n) is 8.47. The average Bonchev–Trinajstić information content (AvgIpc) is 3.15. The molecule has 8 heteroatoms. The maximum Gasteiger partial charge on any atom is 0.303 e. The van der Waals surface area contributed by atoms with E-state index < -0.39 is 48.2 Å². The zero-order valence-electron chi connectivity index (χ0n) is 28.0. The molecular formula is C42H40O8. The van der Waals surface area contributed by atoms with Crippen LogP contribution in [0.1, 0.15) is 36.1 Å². The van der Waals surface area contributed by atoms with Gasteiger partial charge in [0.1, 0.15) is 17.5 Å². The highest BCUT2D eigenvalue weighted by atomic mass is 16.7. The molecule has 1 aliphatic heterocycles. The number of benzene rings is 5. The second-order valence-corrected chi connectivity index (χ2v) is 12.0. The quantitative estimate of drug-likeness (QED) is 0.0955. The van der Waals surface area contributed by atoms with Gasteiger partial charge in [-0.15, -0.1) is 0 Å². The molecule has 0 N–H and O–H groups in total. The van der Waals surface area contributed by atoms with Crippen molar-refractivity contribution in [2.24, 2.45) is 0 Å². The van der Waals surface area contributed by atoms with E-state index in [1.807, 2.05) is 140 Å². The van der Waals surface area contributed by atoms with E-state index in [2.05, 4.69) is 0 Å². The van der Waals surface area contributed by atoms with E-state index in [4.69, 9.17) is 28.4 Å². The summed E-state index contributed by atoms with van der Waals surface area (Å²) < 4.78 is 38.4. The van der Waals surface area contributed by atoms with Gasteiger partial charge in [-0.2, -0.15) is 0 Å². The first-order valence-electron chi connectivity index (χ1n) is 16.6. The van der Waals surface area contributed by atoms with Gasteiger partial charge in [-0.25, -0.2) is 0 Å². The summed E-state index contributed by atoms with van der Waals surface area (Å²) in [5.74, 6) is -0.639. The van der Waals surface area contributed by atoms with Crippen molar-refractivity contribution >= 4 is 11.9 Å². The second kappa shape index (κ2) is 16.4. The summed E-state index contributed by atoms with van der Waals surface area (Å²) in [4.78, 5) is 25.3. The molecule has 5 aromatic carbocycles. The first-order chi connectivity index (χ1) is 24.4. The topological polar surface area (TPSA) is 89.5 Å². The van der Waals surface area contributed by atoms with Gasteiger partial charge in [0.15, 0.2) is 24.6 Å². The fourth-order valence-electron chi connectivity index (χ4n) is 6.32. The number of carbonyl (C=O) groups excluding carboxylic acids is 2. The van der Waals surface area contributed by atoms with E-state index in [-0.39, 0.29) is 13.2 Å². The van der Waals surface area contributed by atoms with Gasteiger partial charge in [0.2, 0.25) is 0 Å². The van der Waals surface area contributed by atoms with Crippen molar-refractivity contribution in [2.75, 3.05) is 6.61 Å². The van der Waals surface area contributed by atoms with Crippen LogP contribution in [-0.4, -0.2) is 49.3 Å². The number of hydrogen-bond donors (Lipinski definition) is 0. The third kappa shape index (κ3) is 8.12. The highest BCUT2D eigenvalue weighted by Crippen LogP contribution is 2.41. The summed E-state index contributed by atoms with van der Waals surface area (Å²) in [6.45, 7) is 2.72. The first kappa shape index (κ1) is 34.6. The van der Waals surface area contributed by atoms with Crippen molar-refractivity contribution < 1.29 is 38.0 Å². The molecule has 256 valence electrons. The van der Waals surface area contributed by atoms with E-state index in [1.54, 1.807) is 12.1 Å². The Labute approximate surface area is 292 Å². The Bertz CT molecular complexity index is 1690. The molecule has 1 saturated heterocycles. The van der Waals surface area contributed by atoms with Crippen LogP contribution in [0.25, 0.3) is 0 Å². The van der Waals surface area contributed by atoms with Crippen molar-refractivity contribution in [3.63, 3.8) is 0 Å². The van der Waals surface area contributed by atoms with E-state index in [0.29, 0.717) is 5.75 Å². The summed E-state index contributed by atoms with van der Waals surface area (Å²) in [5, 5.41) is 0.